The number of hydrogen-bond acceptors (Lipinski definition) is 15. The quantitative estimate of drug-likeness (QED) is 0.0369. The second-order valence-corrected chi connectivity index (χ2v) is 11.3. The van der Waals surface area contributed by atoms with Crippen molar-refractivity contribution in [1.82, 2.24) is 20.2 Å². The number of thiazole rings is 1. The molecule has 4 rings (SSSR count). The summed E-state index contributed by atoms with van der Waals surface area (Å²) in [5.41, 5.74) is 10.2. The topological polar surface area (TPSA) is 231 Å². The van der Waals surface area contributed by atoms with Crippen LogP contribution in [-0.2, 0) is 19.2 Å². The lowest BCUT2D eigenvalue weighted by atomic mass is 9.89. The molecule has 2 saturated heterocycles. The molecule has 0 aliphatic carbocycles. The molecular weight excluding hydrogens is 556 g/mol. The summed E-state index contributed by atoms with van der Waals surface area (Å²) in [5.74, 6) is 4.54. The minimum atomic E-state index is -1.38. The Labute approximate surface area is 229 Å². The molecule has 38 heavy (non-hydrogen) atoms. The van der Waals surface area contributed by atoms with Crippen molar-refractivity contribution in [3.8, 4) is 0 Å². The number of thioether (sulfide) groups is 2. The summed E-state index contributed by atoms with van der Waals surface area (Å²) in [6.45, 7) is 1.83. The average Bonchev–Trinajstić information content (AvgIpc) is 3.33. The van der Waals surface area contributed by atoms with Gasteiger partial charge in [-0.1, -0.05) is 10.1 Å². The second kappa shape index (κ2) is 11.1. The van der Waals surface area contributed by atoms with Crippen molar-refractivity contribution in [3.63, 3.8) is 0 Å². The summed E-state index contributed by atoms with van der Waals surface area (Å²) in [7, 11) is 1.66. The van der Waals surface area contributed by atoms with Crippen LogP contribution in [0.5, 0.6) is 0 Å². The number of aromatic nitrogens is 3. The van der Waals surface area contributed by atoms with Gasteiger partial charge in [-0.15, -0.1) is 27.8 Å². The first kappa shape index (κ1) is 27.5. The fraction of sp³-hybridized carbons (Fsp3) is 0.450. The van der Waals surface area contributed by atoms with Crippen molar-refractivity contribution in [3.05, 3.63) is 17.1 Å². The third-order valence-corrected chi connectivity index (χ3v) is 9.34. The smallest absolute Gasteiger partial charge is 0.322 e. The Morgan fingerprint density at radius 3 is 2.82 bits per heavy atom. The maximum Gasteiger partial charge on any atom is 0.322 e. The fourth-order valence-electron chi connectivity index (χ4n) is 3.84. The molecule has 2 aliphatic heterocycles. The second-order valence-electron chi connectivity index (χ2n) is 8.37. The molecule has 2 unspecified atom stereocenters. The Bertz CT molecular complexity index is 1290. The Morgan fingerprint density at radius 2 is 2.18 bits per heavy atom. The number of oxime groups is 1. The van der Waals surface area contributed by atoms with E-state index >= 15 is 0 Å². The molecule has 3 atom stereocenters. The van der Waals surface area contributed by atoms with E-state index in [-0.39, 0.29) is 47.0 Å². The third-order valence-electron chi connectivity index (χ3n) is 5.84. The lowest BCUT2D eigenvalue weighted by Gasteiger charge is -2.55. The number of carboxylic acids is 1. The lowest BCUT2D eigenvalue weighted by Crippen LogP contribution is -2.75. The SMILES string of the molecule is CCON=C(C(=O)NC1C(=O)N2CC(CSc3nc(N)cc(NC)[n+]3N)(C(=O)[O-])CS[C@H]12)c1csc(N)n1. The van der Waals surface area contributed by atoms with E-state index in [2.05, 4.69) is 25.8 Å². The van der Waals surface area contributed by atoms with Crippen LogP contribution >= 0.6 is 34.9 Å². The van der Waals surface area contributed by atoms with E-state index in [9.17, 15) is 19.5 Å². The molecule has 18 heteroatoms. The minimum absolute atomic E-state index is 0.0308. The molecule has 0 spiro atoms. The zero-order chi connectivity index (χ0) is 27.6. The zero-order valence-electron chi connectivity index (χ0n) is 20.4. The maximum atomic E-state index is 13.0. The van der Waals surface area contributed by atoms with Gasteiger partial charge in [0.05, 0.1) is 12.0 Å². The number of nitrogens with two attached hydrogens (primary N) is 3. The van der Waals surface area contributed by atoms with Crippen molar-refractivity contribution in [2.75, 3.05) is 54.3 Å². The minimum Gasteiger partial charge on any atom is -0.549 e. The first-order chi connectivity index (χ1) is 18.1. The Kier molecular flexibility index (Phi) is 8.02. The van der Waals surface area contributed by atoms with Gasteiger partial charge in [0.2, 0.25) is 17.5 Å². The van der Waals surface area contributed by atoms with Gasteiger partial charge in [-0.25, -0.2) is 4.98 Å². The largest absolute Gasteiger partial charge is 0.549 e. The van der Waals surface area contributed by atoms with Crippen molar-refractivity contribution < 1.29 is 29.0 Å². The van der Waals surface area contributed by atoms with Crippen molar-refractivity contribution in [2.45, 2.75) is 23.5 Å². The Morgan fingerprint density at radius 1 is 1.42 bits per heavy atom. The van der Waals surface area contributed by atoms with E-state index in [0.29, 0.717) is 11.0 Å². The van der Waals surface area contributed by atoms with Crippen LogP contribution in [0, 0.1) is 5.41 Å². The molecule has 0 radical (unpaired) electrons. The van der Waals surface area contributed by atoms with Crippen molar-refractivity contribution in [1.29, 1.82) is 0 Å². The maximum absolute atomic E-state index is 13.0. The van der Waals surface area contributed by atoms with Gasteiger partial charge in [-0.05, 0) is 18.7 Å². The molecular formula is C20H26N10O5S3. The monoisotopic (exact) mass is 582 g/mol. The predicted octanol–water partition coefficient (Wildman–Crippen LogP) is -2.59. The number of hydrogen-bond donors (Lipinski definition) is 5. The van der Waals surface area contributed by atoms with E-state index in [4.69, 9.17) is 22.1 Å². The first-order valence-corrected chi connectivity index (χ1v) is 14.2. The normalized spacial score (nSPS) is 22.8. The van der Waals surface area contributed by atoms with Gasteiger partial charge in [-0.2, -0.15) is 0 Å². The standard InChI is InChI=1S/C20H26N10O5S3/c1-3-35-28-12(9-5-36-18(22)25-9)14(31)27-13-15(32)29-6-20(17(33)34,7-37-16(13)29)8-38-19-26-10(21)4-11(24-2)30(19)23/h4-5,13,16H,3,6-8,23H2,1-2H3,(H6,21,22,24,25,27,31,33,34)/t13?,16-,20?/m1/s1. The van der Waals surface area contributed by atoms with Gasteiger partial charge in [0.1, 0.15) is 23.7 Å². The summed E-state index contributed by atoms with van der Waals surface area (Å²) >= 11 is 3.47. The molecule has 204 valence electrons. The average molecular weight is 583 g/mol. The first-order valence-electron chi connectivity index (χ1n) is 11.2. The predicted molar refractivity (Wildman–Crippen MR) is 141 cm³/mol. The summed E-state index contributed by atoms with van der Waals surface area (Å²) in [6, 6.07) is 0.670. The highest BCUT2D eigenvalue weighted by Crippen LogP contribution is 2.43. The molecule has 8 N–H and O–H groups in total. The number of β-lactam (4-membered cyclic amide) rings is 1. The highest BCUT2D eigenvalue weighted by atomic mass is 32.2. The van der Waals surface area contributed by atoms with Gasteiger partial charge in [-0.3, -0.25) is 15.4 Å². The molecule has 0 bridgehead atoms. The molecule has 2 aliphatic rings. The fourth-order valence-corrected chi connectivity index (χ4v) is 7.18. The number of amides is 2. The summed E-state index contributed by atoms with van der Waals surface area (Å²) < 4.78 is 1.26. The third kappa shape index (κ3) is 5.23. The highest BCUT2D eigenvalue weighted by Gasteiger charge is 2.56. The number of nitrogens with zero attached hydrogens (tertiary/aromatic N) is 5. The number of nitrogen functional groups attached to an aromatic ring is 3. The molecule has 15 nitrogen and oxygen atoms in total. The molecule has 4 heterocycles. The summed E-state index contributed by atoms with van der Waals surface area (Å²) in [5, 5.41) is 23.3. The molecule has 0 aromatic carbocycles. The number of anilines is 3. The van der Waals surface area contributed by atoms with E-state index < -0.39 is 34.6 Å². The Balaban J connectivity index is 1.45. The van der Waals surface area contributed by atoms with Gasteiger partial charge in [0.25, 0.3) is 5.91 Å². The highest BCUT2D eigenvalue weighted by molar-refractivity contribution is 8.00. The van der Waals surface area contributed by atoms with Crippen LogP contribution in [-0.4, -0.2) is 81.5 Å². The zero-order valence-corrected chi connectivity index (χ0v) is 22.8. The van der Waals surface area contributed by atoms with Gasteiger partial charge >= 0.3 is 5.16 Å². The van der Waals surface area contributed by atoms with Crippen LogP contribution < -0.4 is 37.7 Å². The number of carboxylic acid groups (broad SMARTS) is 1. The van der Waals surface area contributed by atoms with Crippen LogP contribution in [0.4, 0.5) is 16.8 Å². The van der Waals surface area contributed by atoms with E-state index in [1.165, 1.54) is 21.3 Å². The number of carbonyl (C=O) groups excluding carboxylic acids is 3. The van der Waals surface area contributed by atoms with Crippen molar-refractivity contribution >= 4 is 75.1 Å². The Hall–Kier alpha value is -3.51. The van der Waals surface area contributed by atoms with Crippen LogP contribution in [0.1, 0.15) is 12.6 Å². The van der Waals surface area contributed by atoms with Crippen LogP contribution in [0.3, 0.4) is 0 Å². The van der Waals surface area contributed by atoms with Crippen molar-refractivity contribution in [2.24, 2.45) is 10.6 Å². The number of aliphatic carboxylic acids is 1. The molecule has 2 amide bonds. The van der Waals surface area contributed by atoms with E-state index in [0.717, 1.165) is 23.1 Å². The van der Waals surface area contributed by atoms with Gasteiger partial charge in [0.15, 0.2) is 10.8 Å². The van der Waals surface area contributed by atoms with E-state index in [1.807, 2.05) is 0 Å². The van der Waals surface area contributed by atoms with Gasteiger partial charge in [0, 0.05) is 35.9 Å². The summed E-state index contributed by atoms with van der Waals surface area (Å²) in [4.78, 5) is 52.9. The van der Waals surface area contributed by atoms with E-state index in [1.54, 1.807) is 25.4 Å². The van der Waals surface area contributed by atoms with Crippen LogP contribution in [0.25, 0.3) is 0 Å². The van der Waals surface area contributed by atoms with Crippen LogP contribution in [0.15, 0.2) is 21.8 Å². The summed E-state index contributed by atoms with van der Waals surface area (Å²) in [6.07, 6.45) is 0. The molecule has 2 fully saturated rings. The molecule has 2 aromatic rings. The van der Waals surface area contributed by atoms with Crippen LogP contribution in [0.2, 0.25) is 0 Å². The number of nitrogens with one attached hydrogen (secondary N) is 2. The molecule has 2 aromatic heterocycles. The number of carbonyl (C=O) groups is 3. The molecule has 0 saturated carbocycles. The number of fused-ring (bicyclic) bond motifs is 1. The number of rotatable bonds is 10. The van der Waals surface area contributed by atoms with Gasteiger partial charge < -0.3 is 41.7 Å². The lowest BCUT2D eigenvalue weighted by molar-refractivity contribution is -0.667.